The third kappa shape index (κ3) is 4.76. The van der Waals surface area contributed by atoms with Gasteiger partial charge in [-0.25, -0.2) is 0 Å². The fourth-order valence-corrected chi connectivity index (χ4v) is 1.29. The largest absolute Gasteiger partial charge is 0.399 e. The number of nitrogens with zero attached hydrogens (tertiary/aromatic N) is 1. The molecule has 0 atom stereocenters. The van der Waals surface area contributed by atoms with Crippen molar-refractivity contribution in [3.8, 4) is 0 Å². The zero-order valence-electron chi connectivity index (χ0n) is 9.29. The summed E-state index contributed by atoms with van der Waals surface area (Å²) in [6.45, 7) is 0.134. The topological polar surface area (TPSA) is 46.3 Å². The van der Waals surface area contributed by atoms with Crippen molar-refractivity contribution in [3.63, 3.8) is 0 Å². The molecule has 6 heteroatoms. The molecule has 0 aliphatic rings. The Hall–Kier alpha value is -1.72. The van der Waals surface area contributed by atoms with Crippen LogP contribution in [0.5, 0.6) is 0 Å². The molecule has 0 aliphatic carbocycles. The molecule has 0 aliphatic heterocycles. The number of nitrogens with two attached hydrogens (primary N) is 1. The zero-order chi connectivity index (χ0) is 13.1. The lowest BCUT2D eigenvalue weighted by atomic mass is 10.2. The van der Waals surface area contributed by atoms with Crippen molar-refractivity contribution in [2.24, 2.45) is 0 Å². The van der Waals surface area contributed by atoms with Gasteiger partial charge in [0.1, 0.15) is 6.42 Å². The van der Waals surface area contributed by atoms with Gasteiger partial charge in [-0.3, -0.25) is 4.79 Å². The molecule has 94 valence electrons. The van der Waals surface area contributed by atoms with Crippen LogP contribution >= 0.6 is 0 Å². The Morgan fingerprint density at radius 1 is 1.29 bits per heavy atom. The van der Waals surface area contributed by atoms with Gasteiger partial charge in [-0.2, -0.15) is 13.2 Å². The van der Waals surface area contributed by atoms with Crippen LogP contribution in [-0.4, -0.2) is 24.0 Å². The summed E-state index contributed by atoms with van der Waals surface area (Å²) in [5.74, 6) is -0.950. The molecule has 1 rings (SSSR count). The lowest BCUT2D eigenvalue weighted by Crippen LogP contribution is -2.30. The van der Waals surface area contributed by atoms with Crippen molar-refractivity contribution in [1.29, 1.82) is 0 Å². The molecule has 0 fully saturated rings. The highest BCUT2D eigenvalue weighted by Gasteiger charge is 2.32. The second-order valence-corrected chi connectivity index (χ2v) is 3.78. The molecule has 0 saturated carbocycles. The van der Waals surface area contributed by atoms with Crippen LogP contribution in [0.2, 0.25) is 0 Å². The average Bonchev–Trinajstić information content (AvgIpc) is 2.19. The first-order valence-corrected chi connectivity index (χ1v) is 4.93. The molecule has 3 nitrogen and oxygen atoms in total. The molecule has 2 N–H and O–H groups in total. The quantitative estimate of drug-likeness (QED) is 0.831. The van der Waals surface area contributed by atoms with E-state index in [1.807, 2.05) is 0 Å². The number of anilines is 1. The van der Waals surface area contributed by atoms with Gasteiger partial charge in [0, 0.05) is 19.3 Å². The second-order valence-electron chi connectivity index (χ2n) is 3.78. The first-order valence-electron chi connectivity index (χ1n) is 4.93. The summed E-state index contributed by atoms with van der Waals surface area (Å²) in [6, 6.07) is 6.62. The number of carbonyl (C=O) groups is 1. The molecule has 1 amide bonds. The van der Waals surface area contributed by atoms with Gasteiger partial charge >= 0.3 is 6.18 Å². The molecule has 0 heterocycles. The predicted molar refractivity (Wildman–Crippen MR) is 58.0 cm³/mol. The molecule has 0 unspecified atom stereocenters. The van der Waals surface area contributed by atoms with Crippen LogP contribution in [0.3, 0.4) is 0 Å². The van der Waals surface area contributed by atoms with Gasteiger partial charge in [-0.15, -0.1) is 0 Å². The highest BCUT2D eigenvalue weighted by Crippen LogP contribution is 2.20. The summed E-state index contributed by atoms with van der Waals surface area (Å²) in [7, 11) is 1.34. The number of alkyl halides is 3. The fraction of sp³-hybridized carbons (Fsp3) is 0.364. The van der Waals surface area contributed by atoms with Crippen LogP contribution in [0.4, 0.5) is 18.9 Å². The Kier molecular flexibility index (Phi) is 3.98. The summed E-state index contributed by atoms with van der Waals surface area (Å²) < 4.78 is 36.0. The first-order chi connectivity index (χ1) is 7.78. The van der Waals surface area contributed by atoms with E-state index in [-0.39, 0.29) is 6.54 Å². The second kappa shape index (κ2) is 5.07. The van der Waals surface area contributed by atoms with Crippen LogP contribution in [0, 0.1) is 0 Å². The Bertz CT molecular complexity index is 387. The fourth-order valence-electron chi connectivity index (χ4n) is 1.29. The number of benzene rings is 1. The van der Waals surface area contributed by atoms with Crippen LogP contribution < -0.4 is 5.73 Å². The van der Waals surface area contributed by atoms with Gasteiger partial charge in [0.15, 0.2) is 0 Å². The van der Waals surface area contributed by atoms with Crippen LogP contribution in [0.1, 0.15) is 12.0 Å². The van der Waals surface area contributed by atoms with E-state index >= 15 is 0 Å². The lowest BCUT2D eigenvalue weighted by Gasteiger charge is -2.18. The minimum atomic E-state index is -4.47. The van der Waals surface area contributed by atoms with E-state index in [9.17, 15) is 18.0 Å². The van der Waals surface area contributed by atoms with Gasteiger partial charge in [0.2, 0.25) is 5.91 Å². The van der Waals surface area contributed by atoms with Crippen LogP contribution in [0.15, 0.2) is 24.3 Å². The predicted octanol–water partition coefficient (Wildman–Crippen LogP) is 2.18. The summed E-state index contributed by atoms with van der Waals surface area (Å²) in [5.41, 5.74) is 6.77. The Balaban J connectivity index is 2.57. The summed E-state index contributed by atoms with van der Waals surface area (Å²) in [5, 5.41) is 0. The monoisotopic (exact) mass is 246 g/mol. The smallest absolute Gasteiger partial charge is 0.397 e. The van der Waals surface area contributed by atoms with E-state index in [4.69, 9.17) is 5.73 Å². The minimum absolute atomic E-state index is 0.134. The van der Waals surface area contributed by atoms with Gasteiger partial charge in [-0.05, 0) is 17.7 Å². The maximum absolute atomic E-state index is 12.0. The maximum Gasteiger partial charge on any atom is 0.397 e. The highest BCUT2D eigenvalue weighted by molar-refractivity contribution is 5.76. The molecule has 0 radical (unpaired) electrons. The molecule has 0 saturated heterocycles. The van der Waals surface area contributed by atoms with Crippen molar-refractivity contribution >= 4 is 11.6 Å². The number of amides is 1. The van der Waals surface area contributed by atoms with Crippen LogP contribution in [0.25, 0.3) is 0 Å². The Labute approximate surface area is 97.0 Å². The summed E-state index contributed by atoms with van der Waals surface area (Å²) in [6.07, 6.45) is -5.90. The SMILES string of the molecule is CN(Cc1ccc(N)cc1)C(=O)CC(F)(F)F. The van der Waals surface area contributed by atoms with Crippen molar-refractivity contribution in [2.45, 2.75) is 19.1 Å². The number of hydrogen-bond donors (Lipinski definition) is 1. The number of hydrogen-bond acceptors (Lipinski definition) is 2. The number of carbonyl (C=O) groups excluding carboxylic acids is 1. The molecular weight excluding hydrogens is 233 g/mol. The van der Waals surface area contributed by atoms with Gasteiger partial charge in [-0.1, -0.05) is 12.1 Å². The standard InChI is InChI=1S/C11H13F3N2O/c1-16(10(17)6-11(12,13)14)7-8-2-4-9(15)5-3-8/h2-5H,6-7,15H2,1H3. The minimum Gasteiger partial charge on any atom is -0.399 e. The molecular formula is C11H13F3N2O. The molecule has 1 aromatic rings. The first kappa shape index (κ1) is 13.3. The van der Waals surface area contributed by atoms with Crippen LogP contribution in [-0.2, 0) is 11.3 Å². The van der Waals surface area contributed by atoms with E-state index in [1.165, 1.54) is 7.05 Å². The van der Waals surface area contributed by atoms with Crippen molar-refractivity contribution in [2.75, 3.05) is 12.8 Å². The van der Waals surface area contributed by atoms with E-state index in [0.29, 0.717) is 5.69 Å². The molecule has 0 aromatic heterocycles. The van der Waals surface area contributed by atoms with E-state index < -0.39 is 18.5 Å². The number of nitrogen functional groups attached to an aromatic ring is 1. The zero-order valence-corrected chi connectivity index (χ0v) is 9.29. The highest BCUT2D eigenvalue weighted by atomic mass is 19.4. The normalized spacial score (nSPS) is 11.3. The molecule has 17 heavy (non-hydrogen) atoms. The van der Waals surface area contributed by atoms with Gasteiger partial charge in [0.25, 0.3) is 0 Å². The summed E-state index contributed by atoms with van der Waals surface area (Å²) >= 11 is 0. The average molecular weight is 246 g/mol. The Morgan fingerprint density at radius 3 is 2.29 bits per heavy atom. The third-order valence-corrected chi connectivity index (χ3v) is 2.18. The maximum atomic E-state index is 12.0. The lowest BCUT2D eigenvalue weighted by molar-refractivity contribution is -0.160. The molecule has 1 aromatic carbocycles. The van der Waals surface area contributed by atoms with E-state index in [1.54, 1.807) is 24.3 Å². The van der Waals surface area contributed by atoms with Crippen molar-refractivity contribution < 1.29 is 18.0 Å². The molecule has 0 spiro atoms. The Morgan fingerprint density at radius 2 is 1.82 bits per heavy atom. The van der Waals surface area contributed by atoms with E-state index in [0.717, 1.165) is 10.5 Å². The van der Waals surface area contributed by atoms with Gasteiger partial charge < -0.3 is 10.6 Å². The third-order valence-electron chi connectivity index (χ3n) is 2.18. The summed E-state index contributed by atoms with van der Waals surface area (Å²) in [4.78, 5) is 12.3. The van der Waals surface area contributed by atoms with Gasteiger partial charge in [0.05, 0.1) is 0 Å². The van der Waals surface area contributed by atoms with Crippen molar-refractivity contribution in [1.82, 2.24) is 4.90 Å². The van der Waals surface area contributed by atoms with Crippen molar-refractivity contribution in [3.05, 3.63) is 29.8 Å². The number of halogens is 3. The molecule has 0 bridgehead atoms. The van der Waals surface area contributed by atoms with E-state index in [2.05, 4.69) is 0 Å². The number of rotatable bonds is 3.